The van der Waals surface area contributed by atoms with Gasteiger partial charge in [0.15, 0.2) is 11.5 Å². The summed E-state index contributed by atoms with van der Waals surface area (Å²) in [5, 5.41) is 9.51. The number of ether oxygens (including phenoxy) is 3. The molecule has 0 amide bonds. The topological polar surface area (TPSA) is 65.0 Å². The van der Waals surface area contributed by atoms with Crippen LogP contribution in [0.4, 0.5) is 0 Å². The van der Waals surface area contributed by atoms with Crippen molar-refractivity contribution >= 4 is 17.6 Å². The summed E-state index contributed by atoms with van der Waals surface area (Å²) in [5.74, 6) is 0.934. The van der Waals surface area contributed by atoms with Crippen molar-refractivity contribution in [1.29, 1.82) is 0 Å². The Balaban J connectivity index is 1.93. The maximum Gasteiger partial charge on any atom is 0.336 e. The zero-order valence-corrected chi connectivity index (χ0v) is 12.6. The standard InChI is InChI=1S/C18H16O5/c1-2-21-14-6-3-12(4-7-14)9-15(18(19)20)13-5-8-16-17(10-13)23-11-22-16/h3-10H,2,11H2,1H3,(H,19,20)/b15-9-. The molecular weight excluding hydrogens is 296 g/mol. The fraction of sp³-hybridized carbons (Fsp3) is 0.167. The summed E-state index contributed by atoms with van der Waals surface area (Å²) in [7, 11) is 0. The van der Waals surface area contributed by atoms with Crippen LogP contribution in [0.15, 0.2) is 42.5 Å². The van der Waals surface area contributed by atoms with Gasteiger partial charge in [-0.05, 0) is 48.4 Å². The Labute approximate surface area is 133 Å². The maximum absolute atomic E-state index is 11.6. The molecule has 0 atom stereocenters. The Morgan fingerprint density at radius 2 is 1.91 bits per heavy atom. The van der Waals surface area contributed by atoms with Crippen molar-refractivity contribution < 1.29 is 24.1 Å². The fourth-order valence-corrected chi connectivity index (χ4v) is 2.33. The van der Waals surface area contributed by atoms with Gasteiger partial charge >= 0.3 is 5.97 Å². The molecule has 0 aromatic heterocycles. The first-order valence-corrected chi connectivity index (χ1v) is 7.25. The van der Waals surface area contributed by atoms with Gasteiger partial charge in [0.05, 0.1) is 12.2 Å². The maximum atomic E-state index is 11.6. The minimum absolute atomic E-state index is 0.157. The highest BCUT2D eigenvalue weighted by atomic mass is 16.7. The van der Waals surface area contributed by atoms with Crippen LogP contribution in [-0.4, -0.2) is 24.5 Å². The number of carboxylic acids is 1. The number of fused-ring (bicyclic) bond motifs is 1. The van der Waals surface area contributed by atoms with Crippen LogP contribution in [0.25, 0.3) is 11.6 Å². The van der Waals surface area contributed by atoms with E-state index < -0.39 is 5.97 Å². The Bertz CT molecular complexity index is 747. The van der Waals surface area contributed by atoms with E-state index in [2.05, 4.69) is 0 Å². The van der Waals surface area contributed by atoms with Crippen molar-refractivity contribution in [3.8, 4) is 17.2 Å². The Morgan fingerprint density at radius 1 is 1.17 bits per heavy atom. The van der Waals surface area contributed by atoms with Gasteiger partial charge in [-0.2, -0.15) is 0 Å². The second kappa shape index (κ2) is 6.44. The van der Waals surface area contributed by atoms with Crippen molar-refractivity contribution in [2.45, 2.75) is 6.92 Å². The lowest BCUT2D eigenvalue weighted by Gasteiger charge is -2.06. The zero-order valence-electron chi connectivity index (χ0n) is 12.6. The number of rotatable bonds is 5. The molecule has 5 heteroatoms. The van der Waals surface area contributed by atoms with Crippen molar-refractivity contribution in [2.24, 2.45) is 0 Å². The van der Waals surface area contributed by atoms with Gasteiger partial charge < -0.3 is 19.3 Å². The Kier molecular flexibility index (Phi) is 4.19. The lowest BCUT2D eigenvalue weighted by molar-refractivity contribution is -0.130. The summed E-state index contributed by atoms with van der Waals surface area (Å²) < 4.78 is 15.9. The number of hydrogen-bond donors (Lipinski definition) is 1. The average Bonchev–Trinajstić information content (AvgIpc) is 3.01. The molecule has 0 saturated carbocycles. The fourth-order valence-electron chi connectivity index (χ4n) is 2.33. The van der Waals surface area contributed by atoms with Gasteiger partial charge in [0, 0.05) is 0 Å². The van der Waals surface area contributed by atoms with Crippen LogP contribution < -0.4 is 14.2 Å². The van der Waals surface area contributed by atoms with E-state index in [9.17, 15) is 9.90 Å². The predicted octanol–water partition coefficient (Wildman–Crippen LogP) is 3.44. The number of carboxylic acid groups (broad SMARTS) is 1. The first-order valence-electron chi connectivity index (χ1n) is 7.25. The van der Waals surface area contributed by atoms with E-state index in [0.29, 0.717) is 23.7 Å². The average molecular weight is 312 g/mol. The lowest BCUT2D eigenvalue weighted by Crippen LogP contribution is -1.99. The largest absolute Gasteiger partial charge is 0.494 e. The Hall–Kier alpha value is -2.95. The van der Waals surface area contributed by atoms with E-state index in [1.54, 1.807) is 24.3 Å². The van der Waals surface area contributed by atoms with Gasteiger partial charge in [0.2, 0.25) is 6.79 Å². The molecule has 5 nitrogen and oxygen atoms in total. The summed E-state index contributed by atoms with van der Waals surface area (Å²) in [6.45, 7) is 2.66. The molecule has 2 aromatic carbocycles. The second-order valence-electron chi connectivity index (χ2n) is 4.93. The monoisotopic (exact) mass is 312 g/mol. The molecular formula is C18H16O5. The van der Waals surface area contributed by atoms with Crippen LogP contribution in [0.5, 0.6) is 17.2 Å². The van der Waals surface area contributed by atoms with Crippen molar-refractivity contribution in [3.05, 3.63) is 53.6 Å². The molecule has 0 unspecified atom stereocenters. The second-order valence-corrected chi connectivity index (χ2v) is 4.93. The van der Waals surface area contributed by atoms with Gasteiger partial charge in [-0.3, -0.25) is 0 Å². The number of hydrogen-bond acceptors (Lipinski definition) is 4. The van der Waals surface area contributed by atoms with Crippen molar-refractivity contribution in [1.82, 2.24) is 0 Å². The number of carbonyl (C=O) groups is 1. The van der Waals surface area contributed by atoms with Crippen LogP contribution in [0.2, 0.25) is 0 Å². The molecule has 1 heterocycles. The van der Waals surface area contributed by atoms with Crippen molar-refractivity contribution in [2.75, 3.05) is 13.4 Å². The van der Waals surface area contributed by atoms with Crippen LogP contribution in [0.1, 0.15) is 18.1 Å². The molecule has 118 valence electrons. The van der Waals surface area contributed by atoms with E-state index in [1.807, 2.05) is 31.2 Å². The van der Waals surface area contributed by atoms with Crippen LogP contribution in [-0.2, 0) is 4.79 Å². The highest BCUT2D eigenvalue weighted by Gasteiger charge is 2.17. The first kappa shape index (κ1) is 15.0. The third-order valence-corrected chi connectivity index (χ3v) is 3.42. The van der Waals surface area contributed by atoms with Gasteiger partial charge in [-0.25, -0.2) is 4.79 Å². The third kappa shape index (κ3) is 3.29. The molecule has 3 rings (SSSR count). The molecule has 0 aliphatic carbocycles. The molecule has 0 fully saturated rings. The normalized spacial score (nSPS) is 13.0. The molecule has 1 aliphatic rings. The van der Waals surface area contributed by atoms with Crippen LogP contribution in [0, 0.1) is 0 Å². The van der Waals surface area contributed by atoms with Gasteiger partial charge in [-0.15, -0.1) is 0 Å². The molecule has 0 saturated heterocycles. The molecule has 0 radical (unpaired) electrons. The van der Waals surface area contributed by atoms with Crippen LogP contribution in [0.3, 0.4) is 0 Å². The molecule has 23 heavy (non-hydrogen) atoms. The van der Waals surface area contributed by atoms with E-state index in [0.717, 1.165) is 11.3 Å². The van der Waals surface area contributed by atoms with Crippen LogP contribution >= 0.6 is 0 Å². The van der Waals surface area contributed by atoms with Gasteiger partial charge in [0.25, 0.3) is 0 Å². The first-order chi connectivity index (χ1) is 11.2. The summed E-state index contributed by atoms with van der Waals surface area (Å²) in [6, 6.07) is 12.4. The quantitative estimate of drug-likeness (QED) is 0.677. The van der Waals surface area contributed by atoms with E-state index in [1.165, 1.54) is 0 Å². The molecule has 0 bridgehead atoms. The minimum atomic E-state index is -1.00. The number of aliphatic carboxylic acids is 1. The summed E-state index contributed by atoms with van der Waals surface area (Å²) in [6.07, 6.45) is 1.62. The SMILES string of the molecule is CCOc1ccc(/C=C(\C(=O)O)c2ccc3c(c2)OCO3)cc1. The number of benzene rings is 2. The molecule has 1 N–H and O–H groups in total. The zero-order chi connectivity index (χ0) is 16.2. The van der Waals surface area contributed by atoms with E-state index in [4.69, 9.17) is 14.2 Å². The Morgan fingerprint density at radius 3 is 2.61 bits per heavy atom. The highest BCUT2D eigenvalue weighted by molar-refractivity contribution is 6.20. The smallest absolute Gasteiger partial charge is 0.336 e. The summed E-state index contributed by atoms with van der Waals surface area (Å²) in [5.41, 5.74) is 1.53. The molecule has 1 aliphatic heterocycles. The van der Waals surface area contributed by atoms with E-state index in [-0.39, 0.29) is 12.4 Å². The highest BCUT2D eigenvalue weighted by Crippen LogP contribution is 2.35. The van der Waals surface area contributed by atoms with Gasteiger partial charge in [-0.1, -0.05) is 18.2 Å². The lowest BCUT2D eigenvalue weighted by atomic mass is 10.0. The predicted molar refractivity (Wildman–Crippen MR) is 85.7 cm³/mol. The summed E-state index contributed by atoms with van der Waals surface area (Å²) >= 11 is 0. The minimum Gasteiger partial charge on any atom is -0.494 e. The summed E-state index contributed by atoms with van der Waals surface area (Å²) in [4.78, 5) is 11.6. The van der Waals surface area contributed by atoms with E-state index >= 15 is 0 Å². The van der Waals surface area contributed by atoms with Crippen molar-refractivity contribution in [3.63, 3.8) is 0 Å². The van der Waals surface area contributed by atoms with Gasteiger partial charge in [0.1, 0.15) is 5.75 Å². The molecule has 0 spiro atoms. The molecule has 2 aromatic rings. The third-order valence-electron chi connectivity index (χ3n) is 3.42.